The van der Waals surface area contributed by atoms with Gasteiger partial charge in [-0.25, -0.2) is 0 Å². The molecule has 1 aromatic rings. The first-order valence-corrected chi connectivity index (χ1v) is 4.29. The lowest BCUT2D eigenvalue weighted by molar-refractivity contribution is 0.243. The average Bonchev–Trinajstić information content (AvgIpc) is 2.32. The van der Waals surface area contributed by atoms with Crippen molar-refractivity contribution >= 4 is 22.6 Å². The lowest BCUT2D eigenvalue weighted by Crippen LogP contribution is -2.07. The van der Waals surface area contributed by atoms with Gasteiger partial charge in [0.25, 0.3) is 0 Å². The van der Waals surface area contributed by atoms with E-state index in [1.807, 2.05) is 0 Å². The number of aliphatic hydroxyl groups excluding tert-OH is 2. The van der Waals surface area contributed by atoms with Crippen molar-refractivity contribution in [3.05, 3.63) is 15.5 Å². The minimum Gasteiger partial charge on any atom is -0.394 e. The SMILES string of the molecule is OCCn1nc(I)cc1CO. The van der Waals surface area contributed by atoms with Crippen molar-refractivity contribution in [2.24, 2.45) is 0 Å². The van der Waals surface area contributed by atoms with Gasteiger partial charge in [-0.1, -0.05) is 0 Å². The van der Waals surface area contributed by atoms with Crippen LogP contribution in [0.15, 0.2) is 6.07 Å². The molecule has 0 saturated carbocycles. The number of aromatic nitrogens is 2. The van der Waals surface area contributed by atoms with E-state index >= 15 is 0 Å². The van der Waals surface area contributed by atoms with Crippen LogP contribution in [0.4, 0.5) is 0 Å². The molecule has 1 heterocycles. The van der Waals surface area contributed by atoms with Gasteiger partial charge in [0.15, 0.2) is 0 Å². The van der Waals surface area contributed by atoms with Crippen molar-refractivity contribution in [3.63, 3.8) is 0 Å². The van der Waals surface area contributed by atoms with Crippen LogP contribution < -0.4 is 0 Å². The Kier molecular flexibility index (Phi) is 3.28. The molecule has 0 unspecified atom stereocenters. The number of hydrogen-bond acceptors (Lipinski definition) is 3. The Balaban J connectivity index is 2.83. The second-order valence-electron chi connectivity index (χ2n) is 2.06. The molecule has 11 heavy (non-hydrogen) atoms. The van der Waals surface area contributed by atoms with Gasteiger partial charge in [0.1, 0.15) is 3.70 Å². The summed E-state index contributed by atoms with van der Waals surface area (Å²) in [5, 5.41) is 21.5. The van der Waals surface area contributed by atoms with Crippen LogP contribution in [0.25, 0.3) is 0 Å². The van der Waals surface area contributed by atoms with Gasteiger partial charge in [-0.15, -0.1) is 0 Å². The maximum Gasteiger partial charge on any atom is 0.123 e. The van der Waals surface area contributed by atoms with Crippen LogP contribution >= 0.6 is 22.6 Å². The van der Waals surface area contributed by atoms with E-state index in [0.717, 1.165) is 9.39 Å². The molecule has 62 valence electrons. The van der Waals surface area contributed by atoms with Gasteiger partial charge >= 0.3 is 0 Å². The van der Waals surface area contributed by atoms with Gasteiger partial charge < -0.3 is 10.2 Å². The second-order valence-corrected chi connectivity index (χ2v) is 3.17. The van der Waals surface area contributed by atoms with E-state index in [1.54, 1.807) is 10.7 Å². The third-order valence-electron chi connectivity index (χ3n) is 1.31. The largest absolute Gasteiger partial charge is 0.394 e. The van der Waals surface area contributed by atoms with Gasteiger partial charge in [-0.05, 0) is 28.7 Å². The number of rotatable bonds is 3. The molecule has 1 aromatic heterocycles. The predicted octanol–water partition coefficient (Wildman–Crippen LogP) is -0.0277. The maximum atomic E-state index is 8.81. The minimum atomic E-state index is -0.0317. The van der Waals surface area contributed by atoms with Gasteiger partial charge in [0, 0.05) is 0 Å². The third-order valence-corrected chi connectivity index (χ3v) is 1.83. The van der Waals surface area contributed by atoms with Gasteiger partial charge in [0.05, 0.1) is 25.5 Å². The first-order valence-electron chi connectivity index (χ1n) is 3.22. The molecule has 0 aromatic carbocycles. The molecule has 0 aliphatic heterocycles. The van der Waals surface area contributed by atoms with Gasteiger partial charge in [-0.3, -0.25) is 4.68 Å². The highest BCUT2D eigenvalue weighted by Gasteiger charge is 2.02. The first kappa shape index (κ1) is 8.95. The molecule has 0 fully saturated rings. The summed E-state index contributed by atoms with van der Waals surface area (Å²) < 4.78 is 2.43. The molecule has 4 nitrogen and oxygen atoms in total. The van der Waals surface area contributed by atoms with E-state index < -0.39 is 0 Å². The highest BCUT2D eigenvalue weighted by molar-refractivity contribution is 14.1. The van der Waals surface area contributed by atoms with E-state index in [4.69, 9.17) is 10.2 Å². The fourth-order valence-electron chi connectivity index (χ4n) is 0.836. The summed E-state index contributed by atoms with van der Waals surface area (Å²) in [5.41, 5.74) is 0.739. The average molecular weight is 268 g/mol. The third kappa shape index (κ3) is 2.14. The van der Waals surface area contributed by atoms with Crippen molar-refractivity contribution in [2.45, 2.75) is 13.2 Å². The Labute approximate surface area is 78.0 Å². The van der Waals surface area contributed by atoms with Gasteiger partial charge in [-0.2, -0.15) is 5.10 Å². The Morgan fingerprint density at radius 3 is 2.82 bits per heavy atom. The number of halogens is 1. The van der Waals surface area contributed by atoms with Crippen LogP contribution in [0.2, 0.25) is 0 Å². The van der Waals surface area contributed by atoms with Crippen molar-refractivity contribution in [3.8, 4) is 0 Å². The van der Waals surface area contributed by atoms with Crippen LogP contribution in [0.5, 0.6) is 0 Å². The molecular weight excluding hydrogens is 259 g/mol. The zero-order chi connectivity index (χ0) is 8.27. The minimum absolute atomic E-state index is 0.0317. The smallest absolute Gasteiger partial charge is 0.123 e. The summed E-state index contributed by atoms with van der Waals surface area (Å²) in [5.74, 6) is 0. The van der Waals surface area contributed by atoms with Crippen molar-refractivity contribution in [2.75, 3.05) is 6.61 Å². The Bertz CT molecular complexity index is 236. The molecule has 0 atom stereocenters. The topological polar surface area (TPSA) is 58.3 Å². The predicted molar refractivity (Wildman–Crippen MR) is 48.0 cm³/mol. The highest BCUT2D eigenvalue weighted by Crippen LogP contribution is 2.06. The molecule has 0 spiro atoms. The molecule has 0 bridgehead atoms. The quantitative estimate of drug-likeness (QED) is 0.757. The lowest BCUT2D eigenvalue weighted by Gasteiger charge is -2.00. The molecule has 0 aliphatic rings. The van der Waals surface area contributed by atoms with Gasteiger partial charge in [0.2, 0.25) is 0 Å². The number of aliphatic hydroxyl groups is 2. The summed E-state index contributed by atoms with van der Waals surface area (Å²) in [6, 6.07) is 1.79. The fraction of sp³-hybridized carbons (Fsp3) is 0.500. The molecule has 0 radical (unpaired) electrons. The Morgan fingerprint density at radius 1 is 1.55 bits per heavy atom. The summed E-state index contributed by atoms with van der Waals surface area (Å²) >= 11 is 2.06. The van der Waals surface area contributed by atoms with Crippen LogP contribution in [0.1, 0.15) is 5.69 Å². The number of hydrogen-bond donors (Lipinski definition) is 2. The van der Waals surface area contributed by atoms with E-state index in [9.17, 15) is 0 Å². The van der Waals surface area contributed by atoms with Crippen LogP contribution in [0.3, 0.4) is 0 Å². The Morgan fingerprint density at radius 2 is 2.27 bits per heavy atom. The lowest BCUT2D eigenvalue weighted by atomic mass is 10.4. The van der Waals surface area contributed by atoms with Crippen molar-refractivity contribution in [1.29, 1.82) is 0 Å². The standard InChI is InChI=1S/C6H9IN2O2/c7-6-3-5(4-11)9(8-6)1-2-10/h3,10-11H,1-2,4H2. The van der Waals surface area contributed by atoms with E-state index in [1.165, 1.54) is 0 Å². The molecule has 5 heteroatoms. The normalized spacial score (nSPS) is 10.5. The molecule has 0 amide bonds. The fourth-order valence-corrected chi connectivity index (χ4v) is 1.46. The van der Waals surface area contributed by atoms with Crippen molar-refractivity contribution in [1.82, 2.24) is 9.78 Å². The zero-order valence-corrected chi connectivity index (χ0v) is 8.02. The highest BCUT2D eigenvalue weighted by atomic mass is 127. The van der Waals surface area contributed by atoms with Crippen LogP contribution in [0, 0.1) is 3.70 Å². The first-order chi connectivity index (χ1) is 5.27. The van der Waals surface area contributed by atoms with Crippen LogP contribution in [-0.4, -0.2) is 26.6 Å². The summed E-state index contributed by atoms with van der Waals surface area (Å²) in [6.07, 6.45) is 0. The zero-order valence-electron chi connectivity index (χ0n) is 5.87. The van der Waals surface area contributed by atoms with Crippen molar-refractivity contribution < 1.29 is 10.2 Å². The monoisotopic (exact) mass is 268 g/mol. The summed E-state index contributed by atoms with van der Waals surface area (Å²) in [6.45, 7) is 0.458. The Hall–Kier alpha value is -0.140. The summed E-state index contributed by atoms with van der Waals surface area (Å²) in [4.78, 5) is 0. The van der Waals surface area contributed by atoms with E-state index in [0.29, 0.717) is 6.54 Å². The second kappa shape index (κ2) is 4.03. The molecule has 0 saturated heterocycles. The molecule has 1 rings (SSSR count). The van der Waals surface area contributed by atoms with E-state index in [2.05, 4.69) is 27.7 Å². The maximum absolute atomic E-state index is 8.81. The number of nitrogens with zero attached hydrogens (tertiary/aromatic N) is 2. The summed E-state index contributed by atoms with van der Waals surface area (Å²) in [7, 11) is 0. The van der Waals surface area contributed by atoms with Crippen LogP contribution in [-0.2, 0) is 13.2 Å². The molecule has 2 N–H and O–H groups in total. The molecule has 0 aliphatic carbocycles. The van der Waals surface area contributed by atoms with E-state index in [-0.39, 0.29) is 13.2 Å². The molecular formula is C6H9IN2O2.